The molecule has 0 bridgehead atoms. The molecule has 0 aromatic heterocycles. The van der Waals surface area contributed by atoms with Gasteiger partial charge in [-0.1, -0.05) is 15.9 Å². The molecule has 0 unspecified atom stereocenters. The summed E-state index contributed by atoms with van der Waals surface area (Å²) in [6, 6.07) is 3.04. The van der Waals surface area contributed by atoms with Crippen LogP contribution in [0.3, 0.4) is 0 Å². The average molecular weight is 285 g/mol. The first kappa shape index (κ1) is 12.4. The number of aromatic hydroxyl groups is 1. The number of carbonyl (C=O) groups excluding carboxylic acids is 2. The first-order valence-electron chi connectivity index (χ1n) is 4.37. The number of halogens is 1. The fourth-order valence-electron chi connectivity index (χ4n) is 1.19. The van der Waals surface area contributed by atoms with E-state index in [-0.39, 0.29) is 23.9 Å². The van der Waals surface area contributed by atoms with Gasteiger partial charge in [-0.25, -0.2) is 9.79 Å². The molecule has 0 radical (unpaired) electrons. The minimum atomic E-state index is -0.315. The molecule has 1 amide bonds. The summed E-state index contributed by atoms with van der Waals surface area (Å²) in [5.41, 5.74) is 0.777. The van der Waals surface area contributed by atoms with Crippen LogP contribution in [0.1, 0.15) is 12.5 Å². The smallest absolute Gasteiger partial charge is 0.235 e. The average Bonchev–Trinajstić information content (AvgIpc) is 2.22. The van der Waals surface area contributed by atoms with Crippen LogP contribution < -0.4 is 5.32 Å². The summed E-state index contributed by atoms with van der Waals surface area (Å²) >= 11 is 3.25. The molecule has 0 heterocycles. The van der Waals surface area contributed by atoms with Gasteiger partial charge in [-0.05, 0) is 12.1 Å². The molecule has 84 valence electrons. The molecule has 0 atom stereocenters. The third-order valence-corrected chi connectivity index (χ3v) is 2.58. The first-order chi connectivity index (χ1) is 7.56. The summed E-state index contributed by atoms with van der Waals surface area (Å²) in [4.78, 5) is 24.4. The highest BCUT2D eigenvalue weighted by Gasteiger charge is 2.12. The van der Waals surface area contributed by atoms with Gasteiger partial charge >= 0.3 is 0 Å². The molecular weight excluding hydrogens is 276 g/mol. The highest BCUT2D eigenvalue weighted by atomic mass is 79.9. The second-order valence-corrected chi connectivity index (χ2v) is 3.86. The van der Waals surface area contributed by atoms with Gasteiger partial charge in [-0.3, -0.25) is 4.79 Å². The number of hydrogen-bond acceptors (Lipinski definition) is 4. The molecule has 16 heavy (non-hydrogen) atoms. The van der Waals surface area contributed by atoms with Crippen molar-refractivity contribution in [2.24, 2.45) is 4.99 Å². The largest absolute Gasteiger partial charge is 0.506 e. The lowest BCUT2D eigenvalue weighted by molar-refractivity contribution is -0.114. The Hall–Kier alpha value is -1.65. The van der Waals surface area contributed by atoms with Crippen LogP contribution in [-0.2, 0) is 16.1 Å². The first-order valence-corrected chi connectivity index (χ1v) is 5.17. The van der Waals surface area contributed by atoms with E-state index >= 15 is 0 Å². The number of phenolic OH excluding ortho intramolecular Hbond substituents is 1. The number of aliphatic imine (C=N–C) groups is 1. The minimum absolute atomic E-state index is 0.0358. The van der Waals surface area contributed by atoms with Gasteiger partial charge in [-0.2, -0.15) is 0 Å². The van der Waals surface area contributed by atoms with Crippen molar-refractivity contribution < 1.29 is 14.7 Å². The zero-order chi connectivity index (χ0) is 12.1. The summed E-state index contributed by atoms with van der Waals surface area (Å²) in [6.07, 6.45) is 1.40. The Morgan fingerprint density at radius 1 is 1.62 bits per heavy atom. The van der Waals surface area contributed by atoms with Crippen LogP contribution >= 0.6 is 15.9 Å². The predicted octanol–water partition coefficient (Wildman–Crippen LogP) is 1.95. The molecule has 0 aliphatic rings. The molecular formula is C10H9BrN2O3. The molecule has 0 saturated heterocycles. The fraction of sp³-hybridized carbons (Fsp3) is 0.200. The van der Waals surface area contributed by atoms with Gasteiger partial charge in [-0.15, -0.1) is 0 Å². The molecule has 1 rings (SSSR count). The molecule has 0 fully saturated rings. The van der Waals surface area contributed by atoms with Gasteiger partial charge in [0.15, 0.2) is 0 Å². The van der Waals surface area contributed by atoms with Gasteiger partial charge < -0.3 is 10.4 Å². The Balaban J connectivity index is 3.24. The van der Waals surface area contributed by atoms with Crippen molar-refractivity contribution in [2.75, 3.05) is 5.32 Å². The number of carbonyl (C=O) groups is 1. The lowest BCUT2D eigenvalue weighted by Gasteiger charge is -2.11. The second kappa shape index (κ2) is 5.44. The standard InChI is InChI=1S/C10H9BrN2O3/c1-6(15)13-10-7(4-12-5-14)8(11)2-3-9(10)16/h2-3,16H,4H2,1H3,(H,13,15). The van der Waals surface area contributed by atoms with E-state index in [4.69, 9.17) is 0 Å². The normalized spacial score (nSPS) is 9.38. The van der Waals surface area contributed by atoms with E-state index in [0.29, 0.717) is 10.0 Å². The Morgan fingerprint density at radius 2 is 2.31 bits per heavy atom. The van der Waals surface area contributed by atoms with Crippen molar-refractivity contribution in [1.29, 1.82) is 0 Å². The monoisotopic (exact) mass is 284 g/mol. The summed E-state index contributed by atoms with van der Waals surface area (Å²) < 4.78 is 0.646. The topological polar surface area (TPSA) is 78.8 Å². The van der Waals surface area contributed by atoms with Crippen molar-refractivity contribution in [3.05, 3.63) is 22.2 Å². The maximum Gasteiger partial charge on any atom is 0.235 e. The van der Waals surface area contributed by atoms with Crippen molar-refractivity contribution in [1.82, 2.24) is 0 Å². The molecule has 0 spiro atoms. The maximum atomic E-state index is 11.0. The number of nitrogens with zero attached hydrogens (tertiary/aromatic N) is 1. The van der Waals surface area contributed by atoms with E-state index in [1.165, 1.54) is 19.1 Å². The summed E-state index contributed by atoms with van der Waals surface area (Å²) in [6.45, 7) is 1.36. The minimum Gasteiger partial charge on any atom is -0.506 e. The molecule has 6 heteroatoms. The molecule has 0 saturated carbocycles. The number of anilines is 1. The second-order valence-electron chi connectivity index (χ2n) is 3.01. The number of isocyanates is 1. The molecule has 1 aromatic rings. The number of benzene rings is 1. The Kier molecular flexibility index (Phi) is 4.22. The molecule has 1 aromatic carbocycles. The highest BCUT2D eigenvalue weighted by Crippen LogP contribution is 2.33. The van der Waals surface area contributed by atoms with Crippen LogP contribution in [0, 0.1) is 0 Å². The van der Waals surface area contributed by atoms with Crippen LogP contribution in [0.5, 0.6) is 5.75 Å². The van der Waals surface area contributed by atoms with Gasteiger partial charge in [0.2, 0.25) is 12.0 Å². The third-order valence-electron chi connectivity index (χ3n) is 1.84. The van der Waals surface area contributed by atoms with Crippen molar-refractivity contribution in [2.45, 2.75) is 13.5 Å². The van der Waals surface area contributed by atoms with E-state index in [1.807, 2.05) is 0 Å². The van der Waals surface area contributed by atoms with Crippen LogP contribution in [0.15, 0.2) is 21.6 Å². The molecule has 0 aliphatic heterocycles. The van der Waals surface area contributed by atoms with Gasteiger partial charge in [0, 0.05) is 17.0 Å². The lowest BCUT2D eigenvalue weighted by atomic mass is 10.1. The number of amides is 1. The zero-order valence-corrected chi connectivity index (χ0v) is 10.0. The van der Waals surface area contributed by atoms with Crippen molar-refractivity contribution in [3.63, 3.8) is 0 Å². The van der Waals surface area contributed by atoms with Gasteiger partial charge in [0.1, 0.15) is 5.75 Å². The van der Waals surface area contributed by atoms with Crippen LogP contribution in [0.4, 0.5) is 5.69 Å². The Labute approximate surface area is 100 Å². The number of hydrogen-bond donors (Lipinski definition) is 2. The van der Waals surface area contributed by atoms with Crippen molar-refractivity contribution >= 4 is 33.6 Å². The Bertz CT molecular complexity index is 438. The quantitative estimate of drug-likeness (QED) is 0.506. The van der Waals surface area contributed by atoms with Crippen LogP contribution in [0.2, 0.25) is 0 Å². The number of nitrogens with one attached hydrogen (secondary N) is 1. The highest BCUT2D eigenvalue weighted by molar-refractivity contribution is 9.10. The van der Waals surface area contributed by atoms with E-state index in [9.17, 15) is 14.7 Å². The number of rotatable bonds is 3. The predicted molar refractivity (Wildman–Crippen MR) is 61.9 cm³/mol. The van der Waals surface area contributed by atoms with E-state index in [2.05, 4.69) is 26.2 Å². The van der Waals surface area contributed by atoms with E-state index in [1.54, 1.807) is 6.07 Å². The van der Waals surface area contributed by atoms with E-state index in [0.717, 1.165) is 0 Å². The van der Waals surface area contributed by atoms with Crippen LogP contribution in [-0.4, -0.2) is 17.1 Å². The number of phenols is 1. The van der Waals surface area contributed by atoms with Crippen molar-refractivity contribution in [3.8, 4) is 5.75 Å². The molecule has 5 nitrogen and oxygen atoms in total. The van der Waals surface area contributed by atoms with E-state index < -0.39 is 0 Å². The Morgan fingerprint density at radius 3 is 2.88 bits per heavy atom. The maximum absolute atomic E-state index is 11.0. The lowest BCUT2D eigenvalue weighted by Crippen LogP contribution is -2.08. The molecule has 2 N–H and O–H groups in total. The summed E-state index contributed by atoms with van der Waals surface area (Å²) in [7, 11) is 0. The van der Waals surface area contributed by atoms with Gasteiger partial charge in [0.05, 0.1) is 12.2 Å². The summed E-state index contributed by atoms with van der Waals surface area (Å²) in [5.74, 6) is -0.390. The SMILES string of the molecule is CC(=O)Nc1c(O)ccc(Br)c1CN=C=O. The zero-order valence-electron chi connectivity index (χ0n) is 8.45. The molecule has 0 aliphatic carbocycles. The fourth-order valence-corrected chi connectivity index (χ4v) is 1.65. The van der Waals surface area contributed by atoms with Crippen LogP contribution in [0.25, 0.3) is 0 Å². The third kappa shape index (κ3) is 2.92. The van der Waals surface area contributed by atoms with Gasteiger partial charge in [0.25, 0.3) is 0 Å². The summed E-state index contributed by atoms with van der Waals surface area (Å²) in [5, 5.41) is 12.1.